The lowest BCUT2D eigenvalue weighted by atomic mass is 10.0. The van der Waals surface area contributed by atoms with Crippen LogP contribution in [-0.2, 0) is 6.54 Å². The molecule has 1 saturated heterocycles. The number of rotatable bonds is 3. The van der Waals surface area contributed by atoms with Crippen LogP contribution in [0.1, 0.15) is 5.69 Å². The molecule has 0 amide bonds. The smallest absolute Gasteiger partial charge is 0.124 e. The lowest BCUT2D eigenvalue weighted by Gasteiger charge is -2.37. The zero-order chi connectivity index (χ0) is 8.39. The van der Waals surface area contributed by atoms with E-state index in [1.54, 1.807) is 6.26 Å². The first-order valence-electron chi connectivity index (χ1n) is 4.11. The number of aliphatic hydroxyl groups excluding tert-OH is 1. The average molecular weight is 168 g/mol. The van der Waals surface area contributed by atoms with Gasteiger partial charge in [-0.3, -0.25) is 4.90 Å². The number of nitrogens with zero attached hydrogens (tertiary/aromatic N) is 2. The lowest BCUT2D eigenvalue weighted by molar-refractivity contribution is 0.0463. The van der Waals surface area contributed by atoms with Crippen LogP contribution in [0.3, 0.4) is 0 Å². The Labute approximate surface area is 70.8 Å². The fraction of sp³-hybridized carbons (Fsp3) is 0.625. The molecule has 2 heterocycles. The van der Waals surface area contributed by atoms with Crippen molar-refractivity contribution in [3.8, 4) is 0 Å². The van der Waals surface area contributed by atoms with Gasteiger partial charge in [0.25, 0.3) is 0 Å². The molecule has 0 aromatic carbocycles. The largest absolute Gasteiger partial charge is 0.396 e. The molecule has 1 N–H and O–H groups in total. The summed E-state index contributed by atoms with van der Waals surface area (Å²) in [6.45, 7) is 3.09. The van der Waals surface area contributed by atoms with Crippen LogP contribution in [0.25, 0.3) is 0 Å². The van der Waals surface area contributed by atoms with Crippen LogP contribution >= 0.6 is 0 Å². The van der Waals surface area contributed by atoms with Gasteiger partial charge in [-0.1, -0.05) is 5.16 Å². The molecule has 1 aliphatic heterocycles. The molecule has 4 nitrogen and oxygen atoms in total. The summed E-state index contributed by atoms with van der Waals surface area (Å²) in [5.74, 6) is 0.469. The SMILES string of the molecule is OCC1CN(Cc2ccon2)C1. The Balaban J connectivity index is 1.77. The standard InChI is InChI=1S/C8H12N2O2/c11-6-7-3-10(4-7)5-8-1-2-12-9-8/h1-2,7,11H,3-6H2. The zero-order valence-electron chi connectivity index (χ0n) is 6.81. The predicted molar refractivity (Wildman–Crippen MR) is 42.4 cm³/mol. The first-order chi connectivity index (χ1) is 5.88. The van der Waals surface area contributed by atoms with Gasteiger partial charge in [-0.25, -0.2) is 0 Å². The first kappa shape index (κ1) is 7.76. The fourth-order valence-electron chi connectivity index (χ4n) is 1.47. The van der Waals surface area contributed by atoms with Gasteiger partial charge < -0.3 is 9.63 Å². The normalized spacial score (nSPS) is 19.4. The summed E-state index contributed by atoms with van der Waals surface area (Å²) in [5.41, 5.74) is 0.964. The Bertz CT molecular complexity index is 229. The Morgan fingerprint density at radius 1 is 1.67 bits per heavy atom. The number of aliphatic hydroxyl groups is 1. The second-order valence-corrected chi connectivity index (χ2v) is 3.23. The van der Waals surface area contributed by atoms with Crippen molar-refractivity contribution in [3.05, 3.63) is 18.0 Å². The van der Waals surface area contributed by atoms with Crippen LogP contribution < -0.4 is 0 Å². The number of aromatic nitrogens is 1. The third-order valence-corrected chi connectivity index (χ3v) is 2.17. The summed E-state index contributed by atoms with van der Waals surface area (Å²) in [7, 11) is 0. The van der Waals surface area contributed by atoms with E-state index in [1.807, 2.05) is 6.07 Å². The van der Waals surface area contributed by atoms with E-state index in [2.05, 4.69) is 10.1 Å². The molecule has 12 heavy (non-hydrogen) atoms. The molecule has 0 aliphatic carbocycles. The van der Waals surface area contributed by atoms with Crippen LogP contribution in [0.15, 0.2) is 16.9 Å². The fourth-order valence-corrected chi connectivity index (χ4v) is 1.47. The highest BCUT2D eigenvalue weighted by Crippen LogP contribution is 2.16. The highest BCUT2D eigenvalue weighted by molar-refractivity contribution is 4.96. The maximum Gasteiger partial charge on any atom is 0.124 e. The van der Waals surface area contributed by atoms with Crippen molar-refractivity contribution in [2.75, 3.05) is 19.7 Å². The van der Waals surface area contributed by atoms with E-state index < -0.39 is 0 Å². The monoisotopic (exact) mass is 168 g/mol. The predicted octanol–water partition coefficient (Wildman–Crippen LogP) is 0.0987. The number of hydrogen-bond donors (Lipinski definition) is 1. The maximum absolute atomic E-state index is 8.77. The average Bonchev–Trinajstić information content (AvgIpc) is 2.47. The van der Waals surface area contributed by atoms with Crippen LogP contribution in [0.4, 0.5) is 0 Å². The molecular weight excluding hydrogens is 156 g/mol. The van der Waals surface area contributed by atoms with Crippen molar-refractivity contribution in [2.24, 2.45) is 5.92 Å². The van der Waals surface area contributed by atoms with Crippen LogP contribution in [0.2, 0.25) is 0 Å². The van der Waals surface area contributed by atoms with Crippen molar-refractivity contribution >= 4 is 0 Å². The van der Waals surface area contributed by atoms with Crippen molar-refractivity contribution in [1.29, 1.82) is 0 Å². The van der Waals surface area contributed by atoms with Crippen LogP contribution in [-0.4, -0.2) is 34.9 Å². The molecule has 66 valence electrons. The lowest BCUT2D eigenvalue weighted by Crippen LogP contribution is -2.47. The van der Waals surface area contributed by atoms with Gasteiger partial charge in [0.1, 0.15) is 6.26 Å². The van der Waals surface area contributed by atoms with Gasteiger partial charge in [-0.15, -0.1) is 0 Å². The minimum Gasteiger partial charge on any atom is -0.396 e. The first-order valence-corrected chi connectivity index (χ1v) is 4.11. The molecule has 4 heteroatoms. The summed E-state index contributed by atoms with van der Waals surface area (Å²) in [5, 5.41) is 12.6. The van der Waals surface area contributed by atoms with Gasteiger partial charge in [-0.2, -0.15) is 0 Å². The molecule has 1 aromatic rings. The van der Waals surface area contributed by atoms with Crippen molar-refractivity contribution in [2.45, 2.75) is 6.54 Å². The van der Waals surface area contributed by atoms with E-state index in [4.69, 9.17) is 9.63 Å². The maximum atomic E-state index is 8.77. The Morgan fingerprint density at radius 3 is 3.08 bits per heavy atom. The number of hydrogen-bond acceptors (Lipinski definition) is 4. The minimum atomic E-state index is 0.301. The molecule has 0 bridgehead atoms. The second-order valence-electron chi connectivity index (χ2n) is 3.23. The molecule has 2 rings (SSSR count). The van der Waals surface area contributed by atoms with Gasteiger partial charge in [0.15, 0.2) is 0 Å². The van der Waals surface area contributed by atoms with Gasteiger partial charge in [0.05, 0.1) is 5.69 Å². The molecule has 1 aromatic heterocycles. The van der Waals surface area contributed by atoms with E-state index in [1.165, 1.54) is 0 Å². The van der Waals surface area contributed by atoms with Gasteiger partial charge in [0.2, 0.25) is 0 Å². The molecule has 0 radical (unpaired) electrons. The Hall–Kier alpha value is -0.870. The highest BCUT2D eigenvalue weighted by atomic mass is 16.5. The van der Waals surface area contributed by atoms with Crippen molar-refractivity contribution in [1.82, 2.24) is 10.1 Å². The molecule has 0 spiro atoms. The molecular formula is C8H12N2O2. The van der Waals surface area contributed by atoms with Crippen LogP contribution in [0, 0.1) is 5.92 Å². The van der Waals surface area contributed by atoms with E-state index in [0.717, 1.165) is 25.3 Å². The summed E-state index contributed by atoms with van der Waals surface area (Å²) >= 11 is 0. The van der Waals surface area contributed by atoms with Gasteiger partial charge in [-0.05, 0) is 0 Å². The van der Waals surface area contributed by atoms with Crippen molar-refractivity contribution < 1.29 is 9.63 Å². The highest BCUT2D eigenvalue weighted by Gasteiger charge is 2.25. The molecule has 0 atom stereocenters. The van der Waals surface area contributed by atoms with E-state index >= 15 is 0 Å². The summed E-state index contributed by atoms with van der Waals surface area (Å²) in [6.07, 6.45) is 1.58. The third-order valence-electron chi connectivity index (χ3n) is 2.17. The topological polar surface area (TPSA) is 49.5 Å². The van der Waals surface area contributed by atoms with Gasteiger partial charge >= 0.3 is 0 Å². The molecule has 0 saturated carbocycles. The van der Waals surface area contributed by atoms with E-state index in [0.29, 0.717) is 12.5 Å². The Kier molecular flexibility index (Phi) is 2.10. The minimum absolute atomic E-state index is 0.301. The zero-order valence-corrected chi connectivity index (χ0v) is 6.81. The number of likely N-dealkylation sites (tertiary alicyclic amines) is 1. The summed E-state index contributed by atoms with van der Waals surface area (Å²) in [4.78, 5) is 2.23. The molecule has 0 unspecified atom stereocenters. The summed E-state index contributed by atoms with van der Waals surface area (Å²) in [6, 6.07) is 1.87. The van der Waals surface area contributed by atoms with E-state index in [-0.39, 0.29) is 0 Å². The molecule has 1 aliphatic rings. The molecule has 1 fully saturated rings. The van der Waals surface area contributed by atoms with Gasteiger partial charge in [0, 0.05) is 38.2 Å². The third kappa shape index (κ3) is 1.49. The van der Waals surface area contributed by atoms with Crippen LogP contribution in [0.5, 0.6) is 0 Å². The summed E-state index contributed by atoms with van der Waals surface area (Å²) < 4.78 is 4.71. The quantitative estimate of drug-likeness (QED) is 0.695. The Morgan fingerprint density at radius 2 is 2.50 bits per heavy atom. The van der Waals surface area contributed by atoms with E-state index in [9.17, 15) is 0 Å². The second kappa shape index (κ2) is 3.25. The van der Waals surface area contributed by atoms with Crippen molar-refractivity contribution in [3.63, 3.8) is 0 Å².